The van der Waals surface area contributed by atoms with Crippen molar-refractivity contribution in [2.75, 3.05) is 6.16 Å². The molecule has 1 rings (SSSR count). The fraction of sp³-hybridized carbons (Fsp3) is 1.00. The van der Waals surface area contributed by atoms with E-state index in [1.54, 1.807) is 0 Å². The van der Waals surface area contributed by atoms with Crippen LogP contribution in [0.2, 0.25) is 0 Å². The second kappa shape index (κ2) is 5.24. The van der Waals surface area contributed by atoms with Gasteiger partial charge >= 0.3 is 0 Å². The Hall–Kier alpha value is 0.0700. The van der Waals surface area contributed by atoms with E-state index in [9.17, 15) is 9.67 Å². The van der Waals surface area contributed by atoms with Crippen molar-refractivity contribution >= 4 is 8.03 Å². The summed E-state index contributed by atoms with van der Waals surface area (Å²) in [5, 5.41) is 9.55. The molecular weight excluding hydrogens is 205 g/mol. The van der Waals surface area contributed by atoms with Crippen molar-refractivity contribution in [3.05, 3.63) is 0 Å². The summed E-state index contributed by atoms with van der Waals surface area (Å²) in [6, 6.07) is -0.350. The van der Waals surface area contributed by atoms with Crippen molar-refractivity contribution in [3.8, 4) is 0 Å². The predicted octanol–water partition coefficient (Wildman–Crippen LogP) is -0.291. The summed E-state index contributed by atoms with van der Waals surface area (Å²) in [6.07, 6.45) is 0.336. The van der Waals surface area contributed by atoms with Gasteiger partial charge in [-0.05, 0) is 13.3 Å². The third-order valence-corrected chi connectivity index (χ3v) is 3.29. The molecule has 1 fully saturated rings. The highest BCUT2D eigenvalue weighted by molar-refractivity contribution is 7.37. The SMILES string of the molecule is CC1O[C@H](CC[PH](=O)O)C[C@H](O)[C@H]1N. The topological polar surface area (TPSA) is 92.8 Å². The summed E-state index contributed by atoms with van der Waals surface area (Å²) < 4.78 is 16.0. The maximum absolute atomic E-state index is 10.5. The Labute approximate surface area is 84.1 Å². The molecule has 1 heterocycles. The number of aliphatic hydroxyl groups is 1. The quantitative estimate of drug-likeness (QED) is 0.572. The van der Waals surface area contributed by atoms with Crippen LogP contribution in [0.1, 0.15) is 19.8 Å². The van der Waals surface area contributed by atoms with Crippen molar-refractivity contribution in [1.82, 2.24) is 0 Å². The van der Waals surface area contributed by atoms with E-state index in [0.29, 0.717) is 12.8 Å². The Bertz CT molecular complexity index is 202. The molecule has 0 spiro atoms. The minimum atomic E-state index is -2.42. The molecule has 1 aliphatic heterocycles. The highest BCUT2D eigenvalue weighted by Crippen LogP contribution is 2.24. The van der Waals surface area contributed by atoms with E-state index in [0.717, 1.165) is 0 Å². The van der Waals surface area contributed by atoms with Gasteiger partial charge in [-0.25, -0.2) is 0 Å². The number of hydrogen-bond acceptors (Lipinski definition) is 4. The van der Waals surface area contributed by atoms with Crippen LogP contribution in [-0.2, 0) is 9.30 Å². The molecule has 0 amide bonds. The monoisotopic (exact) mass is 223 g/mol. The molecule has 5 atom stereocenters. The molecule has 0 saturated carbocycles. The van der Waals surface area contributed by atoms with Crippen LogP contribution in [0.3, 0.4) is 0 Å². The third-order valence-electron chi connectivity index (χ3n) is 2.58. The van der Waals surface area contributed by atoms with Crippen molar-refractivity contribution < 1.29 is 19.3 Å². The lowest BCUT2D eigenvalue weighted by Gasteiger charge is -2.36. The zero-order chi connectivity index (χ0) is 10.7. The van der Waals surface area contributed by atoms with E-state index in [2.05, 4.69) is 0 Å². The van der Waals surface area contributed by atoms with Crippen molar-refractivity contribution in [3.63, 3.8) is 0 Å². The molecule has 5 nitrogen and oxygen atoms in total. The molecule has 6 heteroatoms. The van der Waals surface area contributed by atoms with Gasteiger partial charge in [0.1, 0.15) is 0 Å². The van der Waals surface area contributed by atoms with Gasteiger partial charge in [0.2, 0.25) is 0 Å². The van der Waals surface area contributed by atoms with Gasteiger partial charge in [0.25, 0.3) is 0 Å². The van der Waals surface area contributed by atoms with Crippen LogP contribution >= 0.6 is 8.03 Å². The van der Waals surface area contributed by atoms with Gasteiger partial charge < -0.3 is 20.5 Å². The molecule has 1 aliphatic rings. The van der Waals surface area contributed by atoms with Gasteiger partial charge in [0.15, 0.2) is 8.03 Å². The van der Waals surface area contributed by atoms with Crippen LogP contribution < -0.4 is 5.73 Å². The molecule has 0 bridgehead atoms. The molecule has 0 aliphatic carbocycles. The van der Waals surface area contributed by atoms with Crippen LogP contribution in [0.25, 0.3) is 0 Å². The largest absolute Gasteiger partial charge is 0.391 e. The van der Waals surface area contributed by atoms with Crippen LogP contribution in [0.4, 0.5) is 0 Å². The van der Waals surface area contributed by atoms with E-state index in [1.165, 1.54) is 0 Å². The highest BCUT2D eigenvalue weighted by Gasteiger charge is 2.32. The van der Waals surface area contributed by atoms with E-state index < -0.39 is 14.1 Å². The zero-order valence-corrected chi connectivity index (χ0v) is 9.22. The summed E-state index contributed by atoms with van der Waals surface area (Å²) >= 11 is 0. The molecule has 84 valence electrons. The Balaban J connectivity index is 2.38. The molecule has 14 heavy (non-hydrogen) atoms. The second-order valence-electron chi connectivity index (χ2n) is 3.78. The second-order valence-corrected chi connectivity index (χ2v) is 5.06. The van der Waals surface area contributed by atoms with Gasteiger partial charge in [0, 0.05) is 12.6 Å². The Kier molecular flexibility index (Phi) is 4.54. The van der Waals surface area contributed by atoms with Gasteiger partial charge in [-0.15, -0.1) is 0 Å². The lowest BCUT2D eigenvalue weighted by molar-refractivity contribution is -0.101. The fourth-order valence-corrected chi connectivity index (χ4v) is 2.23. The number of hydrogen-bond donors (Lipinski definition) is 3. The van der Waals surface area contributed by atoms with E-state index in [1.807, 2.05) is 6.92 Å². The van der Waals surface area contributed by atoms with Gasteiger partial charge in [-0.3, -0.25) is 4.57 Å². The molecule has 0 aromatic heterocycles. The average Bonchev–Trinajstić information content (AvgIpc) is 2.10. The molecule has 0 aromatic carbocycles. The standard InChI is InChI=1S/C8H18NO4P/c1-5-8(9)7(10)4-6(13-5)2-3-14(11)12/h5-8,10,14H,2-4,9H2,1H3,(H,11,12)/t5?,6-,7+,8+/m1/s1. The van der Waals surface area contributed by atoms with Gasteiger partial charge in [-0.2, -0.15) is 0 Å². The summed E-state index contributed by atoms with van der Waals surface area (Å²) in [5.74, 6) is 0. The first-order valence-electron chi connectivity index (χ1n) is 4.81. The first kappa shape index (κ1) is 12.1. The summed E-state index contributed by atoms with van der Waals surface area (Å²) in [5.41, 5.74) is 5.66. The molecule has 1 saturated heterocycles. The minimum absolute atomic E-state index is 0.138. The normalized spacial score (nSPS) is 40.9. The maximum atomic E-state index is 10.5. The predicted molar refractivity (Wildman–Crippen MR) is 53.6 cm³/mol. The molecule has 4 N–H and O–H groups in total. The van der Waals surface area contributed by atoms with Crippen molar-refractivity contribution in [2.24, 2.45) is 5.73 Å². The van der Waals surface area contributed by atoms with Gasteiger partial charge in [-0.1, -0.05) is 0 Å². The summed E-state index contributed by atoms with van der Waals surface area (Å²) in [6.45, 7) is 1.81. The number of nitrogens with two attached hydrogens (primary N) is 1. The first-order valence-corrected chi connectivity index (χ1v) is 6.38. The molecule has 2 unspecified atom stereocenters. The maximum Gasteiger partial charge on any atom is 0.189 e. The molecule has 0 radical (unpaired) electrons. The highest BCUT2D eigenvalue weighted by atomic mass is 31.1. The van der Waals surface area contributed by atoms with Crippen molar-refractivity contribution in [2.45, 2.75) is 44.1 Å². The Morgan fingerprint density at radius 3 is 2.79 bits per heavy atom. The fourth-order valence-electron chi connectivity index (χ4n) is 1.66. The van der Waals surface area contributed by atoms with E-state index >= 15 is 0 Å². The molecular formula is C8H18NO4P. The first-order chi connectivity index (χ1) is 6.50. The summed E-state index contributed by atoms with van der Waals surface area (Å²) in [7, 11) is -2.42. The van der Waals surface area contributed by atoms with Gasteiger partial charge in [0.05, 0.1) is 24.4 Å². The Morgan fingerprint density at radius 1 is 1.64 bits per heavy atom. The lowest BCUT2D eigenvalue weighted by Crippen LogP contribution is -2.52. The average molecular weight is 223 g/mol. The number of rotatable bonds is 3. The van der Waals surface area contributed by atoms with Crippen LogP contribution in [0, 0.1) is 0 Å². The lowest BCUT2D eigenvalue weighted by atomic mass is 9.96. The molecule has 0 aromatic rings. The Morgan fingerprint density at radius 2 is 2.29 bits per heavy atom. The zero-order valence-electron chi connectivity index (χ0n) is 8.22. The van der Waals surface area contributed by atoms with Crippen LogP contribution in [0.15, 0.2) is 0 Å². The number of aliphatic hydroxyl groups excluding tert-OH is 1. The van der Waals surface area contributed by atoms with Crippen molar-refractivity contribution in [1.29, 1.82) is 0 Å². The van der Waals surface area contributed by atoms with Crippen LogP contribution in [-0.4, -0.2) is 40.5 Å². The summed E-state index contributed by atoms with van der Waals surface area (Å²) in [4.78, 5) is 8.67. The van der Waals surface area contributed by atoms with Crippen LogP contribution in [0.5, 0.6) is 0 Å². The smallest absolute Gasteiger partial charge is 0.189 e. The van der Waals surface area contributed by atoms with E-state index in [4.69, 9.17) is 15.4 Å². The third kappa shape index (κ3) is 3.33. The number of ether oxygens (including phenoxy) is 1. The van der Waals surface area contributed by atoms with E-state index in [-0.39, 0.29) is 24.4 Å². The minimum Gasteiger partial charge on any atom is -0.391 e.